The van der Waals surface area contributed by atoms with Crippen molar-refractivity contribution in [3.63, 3.8) is 0 Å². The number of hydrogen-bond acceptors (Lipinski definition) is 5. The Kier molecular flexibility index (Phi) is 5.56. The summed E-state index contributed by atoms with van der Waals surface area (Å²) in [7, 11) is 1.24. The maximum Gasteiger partial charge on any atom is 0.408 e. The van der Waals surface area contributed by atoms with E-state index in [-0.39, 0.29) is 5.69 Å². The Morgan fingerprint density at radius 2 is 1.91 bits per heavy atom. The van der Waals surface area contributed by atoms with Gasteiger partial charge in [0.15, 0.2) is 0 Å². The van der Waals surface area contributed by atoms with E-state index in [2.05, 4.69) is 15.5 Å². The minimum atomic E-state index is -0.845. The SMILES string of the molecule is COC(=O)c1cccn1NC(=O)C(C)NC(=O)OC(C)(C)C. The van der Waals surface area contributed by atoms with Crippen molar-refractivity contribution < 1.29 is 23.9 Å². The number of hydrogen-bond donors (Lipinski definition) is 2. The van der Waals surface area contributed by atoms with Crippen LogP contribution in [0.1, 0.15) is 38.2 Å². The van der Waals surface area contributed by atoms with Gasteiger partial charge in [-0.05, 0) is 39.8 Å². The first-order valence-electron chi connectivity index (χ1n) is 6.70. The second-order valence-corrected chi connectivity index (χ2v) is 5.60. The number of amides is 2. The third kappa shape index (κ3) is 5.12. The van der Waals surface area contributed by atoms with Gasteiger partial charge in [0.2, 0.25) is 0 Å². The van der Waals surface area contributed by atoms with E-state index in [9.17, 15) is 14.4 Å². The molecule has 0 bridgehead atoms. The van der Waals surface area contributed by atoms with E-state index in [0.29, 0.717) is 0 Å². The van der Waals surface area contributed by atoms with Crippen LogP contribution in [-0.2, 0) is 14.3 Å². The minimum absolute atomic E-state index is 0.167. The summed E-state index contributed by atoms with van der Waals surface area (Å²) in [6.45, 7) is 6.67. The van der Waals surface area contributed by atoms with Crippen LogP contribution < -0.4 is 10.7 Å². The van der Waals surface area contributed by atoms with Crippen molar-refractivity contribution in [1.82, 2.24) is 9.99 Å². The van der Waals surface area contributed by atoms with Gasteiger partial charge in [-0.15, -0.1) is 0 Å². The van der Waals surface area contributed by atoms with E-state index in [1.165, 1.54) is 31.0 Å². The molecule has 1 atom stereocenters. The highest BCUT2D eigenvalue weighted by atomic mass is 16.6. The maximum absolute atomic E-state index is 12.0. The lowest BCUT2D eigenvalue weighted by molar-refractivity contribution is -0.118. The third-order valence-electron chi connectivity index (χ3n) is 2.50. The molecule has 0 spiro atoms. The fourth-order valence-corrected chi connectivity index (χ4v) is 1.51. The molecule has 0 radical (unpaired) electrons. The number of nitrogens with one attached hydrogen (secondary N) is 2. The van der Waals surface area contributed by atoms with Crippen molar-refractivity contribution in [1.29, 1.82) is 0 Å². The van der Waals surface area contributed by atoms with Crippen molar-refractivity contribution in [2.75, 3.05) is 12.5 Å². The molecule has 0 saturated heterocycles. The van der Waals surface area contributed by atoms with Crippen molar-refractivity contribution >= 4 is 18.0 Å². The molecule has 1 rings (SSSR count). The molecule has 0 aromatic carbocycles. The van der Waals surface area contributed by atoms with Crippen LogP contribution in [0.2, 0.25) is 0 Å². The summed E-state index contributed by atoms with van der Waals surface area (Å²) < 4.78 is 10.9. The summed E-state index contributed by atoms with van der Waals surface area (Å²) in [6, 6.07) is 2.24. The number of carbonyl (C=O) groups is 3. The molecule has 0 saturated carbocycles. The van der Waals surface area contributed by atoms with Gasteiger partial charge in [0.25, 0.3) is 5.91 Å². The van der Waals surface area contributed by atoms with Crippen LogP contribution in [0.5, 0.6) is 0 Å². The zero-order chi connectivity index (χ0) is 16.9. The Hall–Kier alpha value is -2.51. The molecule has 0 fully saturated rings. The molecule has 2 amide bonds. The molecule has 22 heavy (non-hydrogen) atoms. The fourth-order valence-electron chi connectivity index (χ4n) is 1.51. The molecule has 1 unspecified atom stereocenters. The highest BCUT2D eigenvalue weighted by molar-refractivity contribution is 5.93. The van der Waals surface area contributed by atoms with Crippen LogP contribution in [0, 0.1) is 0 Å². The quantitative estimate of drug-likeness (QED) is 0.816. The Morgan fingerprint density at radius 3 is 2.45 bits per heavy atom. The first-order chi connectivity index (χ1) is 10.1. The molecular weight excluding hydrogens is 290 g/mol. The summed E-state index contributed by atoms with van der Waals surface area (Å²) in [6.07, 6.45) is 0.792. The van der Waals surface area contributed by atoms with Crippen LogP contribution in [0.3, 0.4) is 0 Å². The number of ether oxygens (including phenoxy) is 2. The van der Waals surface area contributed by atoms with Crippen LogP contribution in [0.15, 0.2) is 18.3 Å². The van der Waals surface area contributed by atoms with Crippen molar-refractivity contribution in [3.05, 3.63) is 24.0 Å². The van der Waals surface area contributed by atoms with E-state index in [1.54, 1.807) is 26.8 Å². The number of alkyl carbamates (subject to hydrolysis) is 1. The largest absolute Gasteiger partial charge is 0.464 e. The summed E-state index contributed by atoms with van der Waals surface area (Å²) in [5.74, 6) is -1.09. The zero-order valence-electron chi connectivity index (χ0n) is 13.3. The summed E-state index contributed by atoms with van der Waals surface area (Å²) in [5, 5.41) is 2.41. The predicted molar refractivity (Wildman–Crippen MR) is 79.0 cm³/mol. The molecule has 0 aliphatic heterocycles. The topological polar surface area (TPSA) is 98.7 Å². The Morgan fingerprint density at radius 1 is 1.27 bits per heavy atom. The molecule has 8 heteroatoms. The second kappa shape index (κ2) is 6.97. The standard InChI is InChI=1S/C14H21N3O5/c1-9(15-13(20)22-14(2,3)4)11(18)16-17-8-6-7-10(17)12(19)21-5/h6-9H,1-5H3,(H,15,20)(H,16,18). The minimum Gasteiger partial charge on any atom is -0.464 e. The lowest BCUT2D eigenvalue weighted by Gasteiger charge is -2.22. The van der Waals surface area contributed by atoms with Crippen LogP contribution in [0.25, 0.3) is 0 Å². The number of nitrogens with zero attached hydrogens (tertiary/aromatic N) is 1. The van der Waals surface area contributed by atoms with E-state index < -0.39 is 29.6 Å². The average molecular weight is 311 g/mol. The molecule has 122 valence electrons. The van der Waals surface area contributed by atoms with Gasteiger partial charge in [0, 0.05) is 6.20 Å². The molecular formula is C14H21N3O5. The molecule has 0 aliphatic rings. The first-order valence-corrected chi connectivity index (χ1v) is 6.70. The van der Waals surface area contributed by atoms with Crippen LogP contribution in [-0.4, -0.2) is 41.4 Å². The normalized spacial score (nSPS) is 12.2. The highest BCUT2D eigenvalue weighted by Gasteiger charge is 2.22. The van der Waals surface area contributed by atoms with E-state index in [1.807, 2.05) is 0 Å². The average Bonchev–Trinajstić information content (AvgIpc) is 2.83. The van der Waals surface area contributed by atoms with Gasteiger partial charge in [-0.2, -0.15) is 0 Å². The van der Waals surface area contributed by atoms with Gasteiger partial charge in [-0.1, -0.05) is 0 Å². The Balaban J connectivity index is 2.64. The van der Waals surface area contributed by atoms with E-state index in [0.717, 1.165) is 0 Å². The molecule has 8 nitrogen and oxygen atoms in total. The summed E-state index contributed by atoms with van der Waals surface area (Å²) >= 11 is 0. The van der Waals surface area contributed by atoms with E-state index in [4.69, 9.17) is 4.74 Å². The van der Waals surface area contributed by atoms with Crippen molar-refractivity contribution in [2.24, 2.45) is 0 Å². The Labute approximate surface area is 128 Å². The first kappa shape index (κ1) is 17.5. The second-order valence-electron chi connectivity index (χ2n) is 5.60. The molecule has 1 aromatic rings. The number of methoxy groups -OCH3 is 1. The number of esters is 1. The van der Waals surface area contributed by atoms with Gasteiger partial charge in [-0.25, -0.2) is 9.59 Å². The Bertz CT molecular complexity index is 559. The predicted octanol–water partition coefficient (Wildman–Crippen LogP) is 1.26. The maximum atomic E-state index is 12.0. The zero-order valence-corrected chi connectivity index (χ0v) is 13.3. The monoisotopic (exact) mass is 311 g/mol. The number of rotatable bonds is 4. The third-order valence-corrected chi connectivity index (χ3v) is 2.50. The van der Waals surface area contributed by atoms with Crippen LogP contribution >= 0.6 is 0 Å². The molecule has 1 heterocycles. The van der Waals surface area contributed by atoms with Gasteiger partial charge >= 0.3 is 12.1 Å². The molecule has 2 N–H and O–H groups in total. The van der Waals surface area contributed by atoms with Crippen LogP contribution in [0.4, 0.5) is 4.79 Å². The van der Waals surface area contributed by atoms with E-state index >= 15 is 0 Å². The number of aromatic nitrogens is 1. The van der Waals surface area contributed by atoms with Gasteiger partial charge in [0.05, 0.1) is 7.11 Å². The summed E-state index contributed by atoms with van der Waals surface area (Å²) in [4.78, 5) is 35.1. The van der Waals surface area contributed by atoms with Gasteiger partial charge < -0.3 is 14.8 Å². The lowest BCUT2D eigenvalue weighted by atomic mass is 10.2. The fraction of sp³-hybridized carbons (Fsp3) is 0.500. The lowest BCUT2D eigenvalue weighted by Crippen LogP contribution is -2.45. The molecule has 0 aliphatic carbocycles. The van der Waals surface area contributed by atoms with Crippen molar-refractivity contribution in [3.8, 4) is 0 Å². The van der Waals surface area contributed by atoms with Gasteiger partial charge in [0.1, 0.15) is 17.3 Å². The molecule has 1 aromatic heterocycles. The summed E-state index contributed by atoms with van der Waals surface area (Å²) in [5.41, 5.74) is 1.99. The highest BCUT2D eigenvalue weighted by Crippen LogP contribution is 2.07. The van der Waals surface area contributed by atoms with Gasteiger partial charge in [-0.3, -0.25) is 14.9 Å². The van der Waals surface area contributed by atoms with Crippen molar-refractivity contribution in [2.45, 2.75) is 39.3 Å². The number of carbonyl (C=O) groups excluding carboxylic acids is 3. The smallest absolute Gasteiger partial charge is 0.408 e.